The van der Waals surface area contributed by atoms with Crippen LogP contribution in [-0.4, -0.2) is 12.5 Å². The Bertz CT molecular complexity index is 477. The number of halogens is 1. The Morgan fingerprint density at radius 1 is 1.59 bits per heavy atom. The van der Waals surface area contributed by atoms with Gasteiger partial charge in [0.25, 0.3) is 0 Å². The summed E-state index contributed by atoms with van der Waals surface area (Å²) >= 11 is 3.30. The summed E-state index contributed by atoms with van der Waals surface area (Å²) in [5.41, 5.74) is 5.85. The van der Waals surface area contributed by atoms with E-state index in [1.165, 1.54) is 0 Å². The minimum absolute atomic E-state index is 0.374. The van der Waals surface area contributed by atoms with E-state index in [4.69, 9.17) is 11.0 Å². The van der Waals surface area contributed by atoms with Crippen LogP contribution in [0.15, 0.2) is 22.7 Å². The number of amides is 1. The highest BCUT2D eigenvalue weighted by Crippen LogP contribution is 2.22. The monoisotopic (exact) mass is 295 g/mol. The van der Waals surface area contributed by atoms with E-state index in [1.807, 2.05) is 6.07 Å². The zero-order chi connectivity index (χ0) is 13.1. The summed E-state index contributed by atoms with van der Waals surface area (Å²) in [5, 5.41) is 12.0. The summed E-state index contributed by atoms with van der Waals surface area (Å²) in [6.45, 7) is 3.90. The van der Waals surface area contributed by atoms with Crippen LogP contribution in [0, 0.1) is 16.7 Å². The first-order valence-corrected chi connectivity index (χ1v) is 5.89. The van der Waals surface area contributed by atoms with Gasteiger partial charge in [0.15, 0.2) is 0 Å². The normalized spacial score (nSPS) is 10.7. The number of nitrogens with zero attached hydrogens (tertiary/aromatic N) is 1. The summed E-state index contributed by atoms with van der Waals surface area (Å²) < 4.78 is 0.841. The van der Waals surface area contributed by atoms with E-state index in [0.29, 0.717) is 17.8 Å². The molecule has 0 aliphatic heterocycles. The molecule has 0 aliphatic carbocycles. The van der Waals surface area contributed by atoms with Gasteiger partial charge in [-0.25, -0.2) is 0 Å². The van der Waals surface area contributed by atoms with Gasteiger partial charge in [0.2, 0.25) is 5.91 Å². The number of nitriles is 1. The van der Waals surface area contributed by atoms with E-state index < -0.39 is 5.41 Å². The molecule has 0 aliphatic rings. The summed E-state index contributed by atoms with van der Waals surface area (Å²) in [6.07, 6.45) is 0. The summed E-state index contributed by atoms with van der Waals surface area (Å²) in [5.74, 6) is -0.374. The van der Waals surface area contributed by atoms with E-state index in [0.717, 1.165) is 4.47 Å². The van der Waals surface area contributed by atoms with Crippen molar-refractivity contribution in [3.63, 3.8) is 0 Å². The van der Waals surface area contributed by atoms with Gasteiger partial charge in [-0.15, -0.1) is 0 Å². The van der Waals surface area contributed by atoms with Crippen LogP contribution >= 0.6 is 15.9 Å². The van der Waals surface area contributed by atoms with Gasteiger partial charge in [-0.3, -0.25) is 4.79 Å². The molecular weight excluding hydrogens is 282 g/mol. The minimum atomic E-state index is -0.653. The van der Waals surface area contributed by atoms with Gasteiger partial charge >= 0.3 is 0 Å². The first kappa shape index (κ1) is 13.5. The van der Waals surface area contributed by atoms with Crippen LogP contribution in [0.1, 0.15) is 19.4 Å². The molecule has 0 saturated carbocycles. The number of carbonyl (C=O) groups is 1. The van der Waals surface area contributed by atoms with Gasteiger partial charge in [0.05, 0.1) is 16.7 Å². The number of nitrogens with one attached hydrogen (secondary N) is 1. The Kier molecular flexibility index (Phi) is 4.13. The van der Waals surface area contributed by atoms with Crippen LogP contribution in [0.4, 0.5) is 5.69 Å². The van der Waals surface area contributed by atoms with Crippen molar-refractivity contribution in [2.24, 2.45) is 11.1 Å². The molecule has 1 rings (SSSR count). The van der Waals surface area contributed by atoms with Crippen LogP contribution in [-0.2, 0) is 4.79 Å². The molecule has 1 aromatic carbocycles. The molecule has 0 radical (unpaired) electrons. The molecule has 3 N–H and O–H groups in total. The van der Waals surface area contributed by atoms with Crippen molar-refractivity contribution < 1.29 is 4.79 Å². The van der Waals surface area contributed by atoms with Gasteiger partial charge < -0.3 is 11.1 Å². The molecule has 5 heteroatoms. The van der Waals surface area contributed by atoms with E-state index in [2.05, 4.69) is 27.3 Å². The summed E-state index contributed by atoms with van der Waals surface area (Å²) in [4.78, 5) is 11.2. The third-order valence-corrected chi connectivity index (χ3v) is 2.98. The number of rotatable bonds is 4. The number of nitrogens with two attached hydrogens (primary N) is 1. The molecule has 0 saturated heterocycles. The van der Waals surface area contributed by atoms with Gasteiger partial charge in [0.1, 0.15) is 6.07 Å². The number of carbonyl (C=O) groups excluding carboxylic acids is 1. The maximum absolute atomic E-state index is 11.2. The van der Waals surface area contributed by atoms with Crippen molar-refractivity contribution in [1.82, 2.24) is 0 Å². The molecule has 0 aromatic heterocycles. The molecular formula is C12H14BrN3O. The molecule has 4 nitrogen and oxygen atoms in total. The zero-order valence-corrected chi connectivity index (χ0v) is 11.3. The van der Waals surface area contributed by atoms with Crippen molar-refractivity contribution in [2.45, 2.75) is 13.8 Å². The number of hydrogen-bond donors (Lipinski definition) is 2. The molecule has 0 atom stereocenters. The quantitative estimate of drug-likeness (QED) is 0.894. The Hall–Kier alpha value is -1.54. The van der Waals surface area contributed by atoms with Crippen LogP contribution in [0.25, 0.3) is 0 Å². The van der Waals surface area contributed by atoms with E-state index in [1.54, 1.807) is 26.0 Å². The zero-order valence-electron chi connectivity index (χ0n) is 9.75. The molecule has 0 unspecified atom stereocenters. The topological polar surface area (TPSA) is 78.9 Å². The second kappa shape index (κ2) is 5.19. The predicted octanol–water partition coefficient (Wildman–Crippen LogP) is 2.24. The fraction of sp³-hybridized carbons (Fsp3) is 0.333. The lowest BCUT2D eigenvalue weighted by atomic mass is 9.92. The largest absolute Gasteiger partial charge is 0.383 e. The SMILES string of the molecule is CC(C)(CNc1ccc(Br)cc1C#N)C(N)=O. The Morgan fingerprint density at radius 2 is 2.24 bits per heavy atom. The third kappa shape index (κ3) is 3.46. The van der Waals surface area contributed by atoms with Crippen molar-refractivity contribution in [2.75, 3.05) is 11.9 Å². The average Bonchev–Trinajstić information content (AvgIpc) is 2.27. The lowest BCUT2D eigenvalue weighted by Crippen LogP contribution is -2.37. The van der Waals surface area contributed by atoms with Crippen molar-refractivity contribution in [3.05, 3.63) is 28.2 Å². The lowest BCUT2D eigenvalue weighted by Gasteiger charge is -2.21. The fourth-order valence-electron chi connectivity index (χ4n) is 1.17. The maximum atomic E-state index is 11.2. The predicted molar refractivity (Wildman–Crippen MR) is 70.3 cm³/mol. The first-order chi connectivity index (χ1) is 7.86. The first-order valence-electron chi connectivity index (χ1n) is 5.10. The van der Waals surface area contributed by atoms with Crippen LogP contribution in [0.5, 0.6) is 0 Å². The van der Waals surface area contributed by atoms with Gasteiger partial charge in [-0.1, -0.05) is 15.9 Å². The van der Waals surface area contributed by atoms with Gasteiger partial charge in [0, 0.05) is 11.0 Å². The number of hydrogen-bond acceptors (Lipinski definition) is 3. The number of benzene rings is 1. The van der Waals surface area contributed by atoms with Crippen LogP contribution < -0.4 is 11.1 Å². The maximum Gasteiger partial charge on any atom is 0.224 e. The molecule has 1 amide bonds. The third-order valence-electron chi connectivity index (χ3n) is 2.49. The Labute approximate surface area is 109 Å². The van der Waals surface area contributed by atoms with Gasteiger partial charge in [-0.05, 0) is 32.0 Å². The number of primary amides is 1. The van der Waals surface area contributed by atoms with E-state index in [9.17, 15) is 4.79 Å². The number of anilines is 1. The lowest BCUT2D eigenvalue weighted by molar-refractivity contribution is -0.125. The van der Waals surface area contributed by atoms with E-state index >= 15 is 0 Å². The molecule has 90 valence electrons. The second-order valence-electron chi connectivity index (χ2n) is 4.40. The smallest absolute Gasteiger partial charge is 0.224 e. The standard InChI is InChI=1S/C12H14BrN3O/c1-12(2,11(15)17)7-16-10-4-3-9(13)5-8(10)6-14/h3-5,16H,7H2,1-2H3,(H2,15,17). The van der Waals surface area contributed by atoms with Crippen molar-refractivity contribution in [3.8, 4) is 6.07 Å². The Balaban J connectivity index is 2.84. The highest BCUT2D eigenvalue weighted by molar-refractivity contribution is 9.10. The van der Waals surface area contributed by atoms with E-state index in [-0.39, 0.29) is 5.91 Å². The Morgan fingerprint density at radius 3 is 2.76 bits per heavy atom. The summed E-state index contributed by atoms with van der Waals surface area (Å²) in [6, 6.07) is 7.44. The summed E-state index contributed by atoms with van der Waals surface area (Å²) in [7, 11) is 0. The highest BCUT2D eigenvalue weighted by Gasteiger charge is 2.24. The fourth-order valence-corrected chi connectivity index (χ4v) is 1.53. The van der Waals surface area contributed by atoms with Crippen molar-refractivity contribution >= 4 is 27.5 Å². The molecule has 0 fully saturated rings. The molecule has 0 bridgehead atoms. The average molecular weight is 296 g/mol. The van der Waals surface area contributed by atoms with Crippen molar-refractivity contribution in [1.29, 1.82) is 5.26 Å². The highest BCUT2D eigenvalue weighted by atomic mass is 79.9. The van der Waals surface area contributed by atoms with Gasteiger partial charge in [-0.2, -0.15) is 5.26 Å². The molecule has 0 heterocycles. The van der Waals surface area contributed by atoms with Crippen LogP contribution in [0.3, 0.4) is 0 Å². The minimum Gasteiger partial charge on any atom is -0.383 e. The molecule has 1 aromatic rings. The van der Waals surface area contributed by atoms with Crippen LogP contribution in [0.2, 0.25) is 0 Å². The molecule has 17 heavy (non-hydrogen) atoms. The molecule has 0 spiro atoms. The second-order valence-corrected chi connectivity index (χ2v) is 5.32.